The van der Waals surface area contributed by atoms with E-state index in [1.54, 1.807) is 36.4 Å². The lowest BCUT2D eigenvalue weighted by molar-refractivity contribution is 0.585. The minimum Gasteiger partial charge on any atom is -0.319 e. The van der Waals surface area contributed by atoms with Gasteiger partial charge in [-0.1, -0.05) is 59.6 Å². The summed E-state index contributed by atoms with van der Waals surface area (Å²) in [4.78, 5) is 0.198. The van der Waals surface area contributed by atoms with Crippen LogP contribution < -0.4 is 5.73 Å². The summed E-state index contributed by atoms with van der Waals surface area (Å²) in [5.74, 6) is 0. The van der Waals surface area contributed by atoms with Crippen molar-refractivity contribution in [3.05, 3.63) is 99.1 Å². The number of aryl methyl sites for hydroxylation is 1. The van der Waals surface area contributed by atoms with Gasteiger partial charge in [-0.25, -0.2) is 12.4 Å². The maximum atomic E-state index is 13.7. The third kappa shape index (κ3) is 3.51. The maximum absolute atomic E-state index is 13.7. The van der Waals surface area contributed by atoms with Gasteiger partial charge in [-0.15, -0.1) is 0 Å². The highest BCUT2D eigenvalue weighted by molar-refractivity contribution is 9.10. The Morgan fingerprint density at radius 2 is 1.69 bits per heavy atom. The number of benzene rings is 3. The molecule has 0 spiro atoms. The van der Waals surface area contributed by atoms with Crippen LogP contribution in [-0.2, 0) is 10.0 Å². The molecule has 0 bridgehead atoms. The van der Waals surface area contributed by atoms with Crippen molar-refractivity contribution < 1.29 is 8.42 Å². The molecule has 0 aliphatic heterocycles. The quantitative estimate of drug-likeness (QED) is 0.403. The van der Waals surface area contributed by atoms with Gasteiger partial charge in [0.05, 0.1) is 22.1 Å². The molecule has 0 unspecified atom stereocenters. The fraction of sp³-hybridized carbons (Fsp3) is 0.0909. The second-order valence-electron chi connectivity index (χ2n) is 6.83. The fourth-order valence-electron chi connectivity index (χ4n) is 3.39. The van der Waals surface area contributed by atoms with Gasteiger partial charge < -0.3 is 5.73 Å². The minimum atomic E-state index is -3.89. The Bertz CT molecular complexity index is 1310. The molecule has 0 aliphatic rings. The third-order valence-corrected chi connectivity index (χ3v) is 7.60. The highest BCUT2D eigenvalue weighted by Gasteiger charge is 2.28. The molecule has 4 rings (SSSR count). The largest absolute Gasteiger partial charge is 0.319 e. The standard InChI is InChI=1S/C22H18BrClN2O2S/c1-14-9-11-16(12-10-14)29(27,28)26-20(13-15-5-4-7-18(23)22(15)26)21(25)17-6-2-3-8-19(17)24/h2-13,21H,25H2,1H3/t21-/m1/s1. The third-order valence-electron chi connectivity index (χ3n) is 4.88. The van der Waals surface area contributed by atoms with Crippen molar-refractivity contribution in [1.82, 2.24) is 3.97 Å². The molecule has 0 amide bonds. The molecule has 0 fully saturated rings. The van der Waals surface area contributed by atoms with Gasteiger partial charge in [0.25, 0.3) is 10.0 Å². The highest BCUT2D eigenvalue weighted by Crippen LogP contribution is 2.36. The summed E-state index contributed by atoms with van der Waals surface area (Å²) in [6.45, 7) is 1.91. The molecular formula is C22H18BrClN2O2S. The molecule has 3 aromatic carbocycles. The van der Waals surface area contributed by atoms with Crippen LogP contribution >= 0.6 is 27.5 Å². The molecule has 148 valence electrons. The monoisotopic (exact) mass is 488 g/mol. The van der Waals surface area contributed by atoms with Crippen LogP contribution in [-0.4, -0.2) is 12.4 Å². The Labute approximate surface area is 183 Å². The van der Waals surface area contributed by atoms with Crippen LogP contribution in [0.1, 0.15) is 22.9 Å². The van der Waals surface area contributed by atoms with E-state index in [1.807, 2.05) is 43.3 Å². The first kappa shape index (κ1) is 20.2. The normalized spacial score (nSPS) is 13.0. The van der Waals surface area contributed by atoms with Crippen molar-refractivity contribution in [3.8, 4) is 0 Å². The summed E-state index contributed by atoms with van der Waals surface area (Å²) < 4.78 is 29.3. The molecule has 0 saturated carbocycles. The molecule has 7 heteroatoms. The van der Waals surface area contributed by atoms with Crippen molar-refractivity contribution in [2.45, 2.75) is 17.9 Å². The number of para-hydroxylation sites is 1. The highest BCUT2D eigenvalue weighted by atomic mass is 79.9. The van der Waals surface area contributed by atoms with E-state index < -0.39 is 16.1 Å². The van der Waals surface area contributed by atoms with Crippen LogP contribution in [0.15, 0.2) is 82.2 Å². The molecule has 4 nitrogen and oxygen atoms in total. The molecule has 0 aliphatic carbocycles. The lowest BCUT2D eigenvalue weighted by atomic mass is 10.0. The van der Waals surface area contributed by atoms with Gasteiger partial charge in [0.15, 0.2) is 0 Å². The SMILES string of the molecule is Cc1ccc(S(=O)(=O)n2c([C@H](N)c3ccccc3Cl)cc3cccc(Br)c32)cc1. The molecule has 1 heterocycles. The number of halogens is 2. The molecule has 29 heavy (non-hydrogen) atoms. The number of hydrogen-bond acceptors (Lipinski definition) is 3. The smallest absolute Gasteiger partial charge is 0.268 e. The van der Waals surface area contributed by atoms with Crippen molar-refractivity contribution in [2.24, 2.45) is 5.73 Å². The lowest BCUT2D eigenvalue weighted by Gasteiger charge is -2.18. The summed E-state index contributed by atoms with van der Waals surface area (Å²) in [5, 5.41) is 1.26. The predicted octanol–water partition coefficient (Wildman–Crippen LogP) is 5.65. The van der Waals surface area contributed by atoms with E-state index in [0.29, 0.717) is 26.3 Å². The van der Waals surface area contributed by atoms with Gasteiger partial charge in [-0.05, 0) is 58.7 Å². The fourth-order valence-corrected chi connectivity index (χ4v) is 5.90. The van der Waals surface area contributed by atoms with Crippen LogP contribution in [0.25, 0.3) is 10.9 Å². The van der Waals surface area contributed by atoms with Gasteiger partial charge in [-0.2, -0.15) is 0 Å². The van der Waals surface area contributed by atoms with Gasteiger partial charge in [-0.3, -0.25) is 0 Å². The number of hydrogen-bond donors (Lipinski definition) is 1. The van der Waals surface area contributed by atoms with Crippen molar-refractivity contribution in [3.63, 3.8) is 0 Å². The molecule has 4 aromatic rings. The minimum absolute atomic E-state index is 0.198. The Morgan fingerprint density at radius 3 is 2.38 bits per heavy atom. The van der Waals surface area contributed by atoms with Gasteiger partial charge in [0.2, 0.25) is 0 Å². The summed E-state index contributed by atoms with van der Waals surface area (Å²) in [7, 11) is -3.89. The molecular weight excluding hydrogens is 472 g/mol. The molecule has 1 atom stereocenters. The van der Waals surface area contributed by atoms with E-state index in [0.717, 1.165) is 10.9 Å². The predicted molar refractivity (Wildman–Crippen MR) is 121 cm³/mol. The number of rotatable bonds is 4. The van der Waals surface area contributed by atoms with Crippen molar-refractivity contribution in [1.29, 1.82) is 0 Å². The Hall–Kier alpha value is -2.12. The Morgan fingerprint density at radius 1 is 1.00 bits per heavy atom. The van der Waals surface area contributed by atoms with E-state index in [2.05, 4.69) is 15.9 Å². The van der Waals surface area contributed by atoms with E-state index in [-0.39, 0.29) is 4.90 Å². The summed E-state index contributed by atoms with van der Waals surface area (Å²) >= 11 is 9.86. The van der Waals surface area contributed by atoms with Gasteiger partial charge >= 0.3 is 0 Å². The Kier molecular flexibility index (Phi) is 5.29. The molecule has 0 radical (unpaired) electrons. The van der Waals surface area contributed by atoms with Crippen LogP contribution in [0.4, 0.5) is 0 Å². The van der Waals surface area contributed by atoms with Crippen LogP contribution in [0.3, 0.4) is 0 Å². The molecule has 0 saturated heterocycles. The number of nitrogens with zero attached hydrogens (tertiary/aromatic N) is 1. The second kappa shape index (κ2) is 7.61. The average molecular weight is 490 g/mol. The number of nitrogens with two attached hydrogens (primary N) is 1. The zero-order valence-electron chi connectivity index (χ0n) is 15.5. The van der Waals surface area contributed by atoms with Crippen molar-refractivity contribution in [2.75, 3.05) is 0 Å². The molecule has 2 N–H and O–H groups in total. The van der Waals surface area contributed by atoms with Gasteiger partial charge in [0, 0.05) is 14.9 Å². The summed E-state index contributed by atoms with van der Waals surface area (Å²) in [6.07, 6.45) is 0. The van der Waals surface area contributed by atoms with E-state index >= 15 is 0 Å². The van der Waals surface area contributed by atoms with Crippen LogP contribution in [0.2, 0.25) is 5.02 Å². The first-order chi connectivity index (χ1) is 13.8. The number of aromatic nitrogens is 1. The summed E-state index contributed by atoms with van der Waals surface area (Å²) in [6, 6.07) is 20.6. The average Bonchev–Trinajstić information content (AvgIpc) is 3.10. The first-order valence-corrected chi connectivity index (χ1v) is 11.5. The Balaban J connectivity index is 2.03. The lowest BCUT2D eigenvalue weighted by Crippen LogP contribution is -2.22. The van der Waals surface area contributed by atoms with Gasteiger partial charge in [0.1, 0.15) is 0 Å². The maximum Gasteiger partial charge on any atom is 0.268 e. The first-order valence-electron chi connectivity index (χ1n) is 8.93. The van der Waals surface area contributed by atoms with Crippen molar-refractivity contribution >= 4 is 48.5 Å². The topological polar surface area (TPSA) is 65.1 Å². The zero-order chi connectivity index (χ0) is 20.8. The summed E-state index contributed by atoms with van der Waals surface area (Å²) in [5.41, 5.74) is 9.18. The van der Waals surface area contributed by atoms with E-state index in [4.69, 9.17) is 17.3 Å². The molecule has 1 aromatic heterocycles. The second-order valence-corrected chi connectivity index (χ2v) is 9.88. The van der Waals surface area contributed by atoms with E-state index in [9.17, 15) is 8.42 Å². The number of fused-ring (bicyclic) bond motifs is 1. The van der Waals surface area contributed by atoms with E-state index in [1.165, 1.54) is 3.97 Å². The van der Waals surface area contributed by atoms with Crippen LogP contribution in [0.5, 0.6) is 0 Å². The zero-order valence-corrected chi connectivity index (χ0v) is 18.7. The van der Waals surface area contributed by atoms with Crippen LogP contribution in [0, 0.1) is 6.92 Å².